The second-order valence-electron chi connectivity index (χ2n) is 3.61. The second-order valence-corrected chi connectivity index (χ2v) is 5.13. The fourth-order valence-electron chi connectivity index (χ4n) is 1.40. The number of unbranched alkanes of at least 4 members (excludes halogenated alkanes) is 1. The Balaban J connectivity index is 2.53. The van der Waals surface area contributed by atoms with Crippen molar-refractivity contribution in [3.63, 3.8) is 0 Å². The van der Waals surface area contributed by atoms with Gasteiger partial charge in [-0.15, -0.1) is 0 Å². The van der Waals surface area contributed by atoms with Crippen molar-refractivity contribution >= 4 is 40.1 Å². The molecule has 1 N–H and O–H groups in total. The van der Waals surface area contributed by atoms with Gasteiger partial charge in [-0.3, -0.25) is 4.79 Å². The molecule has 1 aromatic carbocycles. The molecule has 0 aromatic heterocycles. The van der Waals surface area contributed by atoms with Crippen LogP contribution in [0.15, 0.2) is 18.2 Å². The Morgan fingerprint density at radius 2 is 2.19 bits per heavy atom. The number of nitrogens with one attached hydrogen (secondary N) is 1. The van der Waals surface area contributed by atoms with Crippen molar-refractivity contribution in [3.05, 3.63) is 34.3 Å². The molecular weight excluding hydrogens is 336 g/mol. The quantitative estimate of drug-likeness (QED) is 0.490. The number of carbonyl (C=O) groups excluding carboxylic acids is 1. The van der Waals surface area contributed by atoms with Crippen LogP contribution in [0.5, 0.6) is 0 Å². The van der Waals surface area contributed by atoms with Gasteiger partial charge in [0.2, 0.25) is 0 Å². The topological polar surface area (TPSA) is 29.1 Å². The van der Waals surface area contributed by atoms with Crippen LogP contribution in [0.2, 0.25) is 5.02 Å². The smallest absolute Gasteiger partial charge is 0.251 e. The van der Waals surface area contributed by atoms with Crippen molar-refractivity contribution in [3.8, 4) is 0 Å². The van der Waals surface area contributed by atoms with E-state index >= 15 is 0 Å². The van der Waals surface area contributed by atoms with Gasteiger partial charge in [0.1, 0.15) is 0 Å². The fraction of sp³-hybridized carbons (Fsp3) is 0.417. The second kappa shape index (κ2) is 7.12. The predicted octanol–water partition coefficient (Wildman–Crippen LogP) is 3.59. The summed E-state index contributed by atoms with van der Waals surface area (Å²) in [5.74, 6) is -0.0115. The number of halogens is 2. The summed E-state index contributed by atoms with van der Waals surface area (Å²) in [6.45, 7) is 2.63. The molecule has 0 bridgehead atoms. The van der Waals surface area contributed by atoms with E-state index in [1.165, 1.54) is 0 Å². The molecule has 88 valence electrons. The van der Waals surface area contributed by atoms with Crippen molar-refractivity contribution < 1.29 is 4.79 Å². The maximum Gasteiger partial charge on any atom is 0.251 e. The van der Waals surface area contributed by atoms with Gasteiger partial charge < -0.3 is 5.32 Å². The SMILES string of the molecule is Cc1cc(Cl)ccc1C(=O)NCCCCI. The lowest BCUT2D eigenvalue weighted by Gasteiger charge is -2.07. The maximum absolute atomic E-state index is 11.8. The Morgan fingerprint density at radius 3 is 2.81 bits per heavy atom. The third kappa shape index (κ3) is 4.29. The van der Waals surface area contributed by atoms with E-state index < -0.39 is 0 Å². The van der Waals surface area contributed by atoms with E-state index in [2.05, 4.69) is 27.9 Å². The number of hydrogen-bond acceptors (Lipinski definition) is 1. The molecule has 16 heavy (non-hydrogen) atoms. The van der Waals surface area contributed by atoms with Crippen LogP contribution >= 0.6 is 34.2 Å². The monoisotopic (exact) mass is 351 g/mol. The summed E-state index contributed by atoms with van der Waals surface area (Å²) in [4.78, 5) is 11.8. The first-order chi connectivity index (χ1) is 7.65. The van der Waals surface area contributed by atoms with Crippen LogP contribution in [0, 0.1) is 6.92 Å². The highest BCUT2D eigenvalue weighted by Gasteiger charge is 2.07. The van der Waals surface area contributed by atoms with Crippen LogP contribution in [0.1, 0.15) is 28.8 Å². The average Bonchev–Trinajstić information content (AvgIpc) is 2.24. The highest BCUT2D eigenvalue weighted by atomic mass is 127. The highest BCUT2D eigenvalue weighted by molar-refractivity contribution is 14.1. The van der Waals surface area contributed by atoms with Crippen molar-refractivity contribution in [2.24, 2.45) is 0 Å². The molecule has 0 aliphatic heterocycles. The minimum Gasteiger partial charge on any atom is -0.352 e. The summed E-state index contributed by atoms with van der Waals surface area (Å²) in [5.41, 5.74) is 1.62. The summed E-state index contributed by atoms with van der Waals surface area (Å²) in [7, 11) is 0. The normalized spacial score (nSPS) is 10.2. The number of alkyl halides is 1. The molecule has 0 saturated heterocycles. The Labute approximate surface area is 115 Å². The van der Waals surface area contributed by atoms with Gasteiger partial charge in [-0.1, -0.05) is 34.2 Å². The number of rotatable bonds is 5. The van der Waals surface area contributed by atoms with Gasteiger partial charge in [0.15, 0.2) is 0 Å². The van der Waals surface area contributed by atoms with Crippen LogP contribution in [0.25, 0.3) is 0 Å². The van der Waals surface area contributed by atoms with Crippen LogP contribution < -0.4 is 5.32 Å². The van der Waals surface area contributed by atoms with Gasteiger partial charge in [-0.25, -0.2) is 0 Å². The summed E-state index contributed by atoms with van der Waals surface area (Å²) >= 11 is 8.17. The van der Waals surface area contributed by atoms with E-state index in [-0.39, 0.29) is 5.91 Å². The average molecular weight is 352 g/mol. The summed E-state index contributed by atoms with van der Waals surface area (Å²) < 4.78 is 1.13. The molecule has 0 spiro atoms. The number of carbonyl (C=O) groups is 1. The molecule has 1 aromatic rings. The minimum absolute atomic E-state index is 0.0115. The van der Waals surface area contributed by atoms with E-state index in [4.69, 9.17) is 11.6 Å². The number of amides is 1. The van der Waals surface area contributed by atoms with E-state index in [9.17, 15) is 4.79 Å². The van der Waals surface area contributed by atoms with E-state index in [1.807, 2.05) is 6.92 Å². The lowest BCUT2D eigenvalue weighted by molar-refractivity contribution is 0.0952. The summed E-state index contributed by atoms with van der Waals surface area (Å²) in [6, 6.07) is 5.32. The third-order valence-corrected chi connectivity index (χ3v) is 3.28. The van der Waals surface area contributed by atoms with Gasteiger partial charge in [0, 0.05) is 17.1 Å². The summed E-state index contributed by atoms with van der Waals surface area (Å²) in [6.07, 6.45) is 2.17. The van der Waals surface area contributed by atoms with Crippen LogP contribution in [-0.4, -0.2) is 16.9 Å². The minimum atomic E-state index is -0.0115. The molecule has 2 nitrogen and oxygen atoms in total. The largest absolute Gasteiger partial charge is 0.352 e. The lowest BCUT2D eigenvalue weighted by Crippen LogP contribution is -2.25. The molecular formula is C12H15ClINO. The zero-order valence-corrected chi connectivity index (χ0v) is 12.1. The first kappa shape index (κ1) is 13.8. The maximum atomic E-state index is 11.8. The van der Waals surface area contributed by atoms with Gasteiger partial charge in [-0.05, 0) is 48.0 Å². The van der Waals surface area contributed by atoms with Crippen LogP contribution in [0.4, 0.5) is 0 Å². The van der Waals surface area contributed by atoms with Crippen molar-refractivity contribution in [1.29, 1.82) is 0 Å². The molecule has 4 heteroatoms. The molecule has 1 amide bonds. The molecule has 0 aliphatic rings. The molecule has 0 heterocycles. The standard InChI is InChI=1S/C12H15ClINO/c1-9-8-10(13)4-5-11(9)12(16)15-7-3-2-6-14/h4-5,8H,2-3,6-7H2,1H3,(H,15,16). The van der Waals surface area contributed by atoms with E-state index in [0.717, 1.165) is 29.4 Å². The predicted molar refractivity (Wildman–Crippen MR) is 76.6 cm³/mol. The number of aryl methyl sites for hydroxylation is 1. The molecule has 0 fully saturated rings. The first-order valence-electron chi connectivity index (χ1n) is 5.25. The van der Waals surface area contributed by atoms with E-state index in [1.54, 1.807) is 18.2 Å². The van der Waals surface area contributed by atoms with Gasteiger partial charge in [0.25, 0.3) is 5.91 Å². The lowest BCUT2D eigenvalue weighted by atomic mass is 10.1. The van der Waals surface area contributed by atoms with Gasteiger partial charge >= 0.3 is 0 Å². The zero-order valence-electron chi connectivity index (χ0n) is 9.22. The van der Waals surface area contributed by atoms with Crippen LogP contribution in [-0.2, 0) is 0 Å². The number of benzene rings is 1. The third-order valence-electron chi connectivity index (χ3n) is 2.28. The van der Waals surface area contributed by atoms with Crippen LogP contribution in [0.3, 0.4) is 0 Å². The first-order valence-corrected chi connectivity index (χ1v) is 7.16. The van der Waals surface area contributed by atoms with Crippen molar-refractivity contribution in [2.75, 3.05) is 11.0 Å². The Hall–Kier alpha value is -0.290. The van der Waals surface area contributed by atoms with Crippen molar-refractivity contribution in [2.45, 2.75) is 19.8 Å². The van der Waals surface area contributed by atoms with Crippen molar-refractivity contribution in [1.82, 2.24) is 5.32 Å². The molecule has 1 rings (SSSR count). The van der Waals surface area contributed by atoms with Gasteiger partial charge in [-0.2, -0.15) is 0 Å². The zero-order chi connectivity index (χ0) is 12.0. The molecule has 0 aliphatic carbocycles. The highest BCUT2D eigenvalue weighted by Crippen LogP contribution is 2.14. The Morgan fingerprint density at radius 1 is 1.44 bits per heavy atom. The Kier molecular flexibility index (Phi) is 6.13. The van der Waals surface area contributed by atoms with E-state index in [0.29, 0.717) is 10.6 Å². The summed E-state index contributed by atoms with van der Waals surface area (Å²) in [5, 5.41) is 3.57. The molecule has 0 unspecified atom stereocenters. The Bertz CT molecular complexity index is 368. The van der Waals surface area contributed by atoms with Gasteiger partial charge in [0.05, 0.1) is 0 Å². The number of hydrogen-bond donors (Lipinski definition) is 1. The fourth-order valence-corrected chi connectivity index (χ4v) is 2.16. The molecule has 0 radical (unpaired) electrons. The molecule has 0 saturated carbocycles. The molecule has 0 atom stereocenters.